The monoisotopic (exact) mass is 345 g/mol. The van der Waals surface area contributed by atoms with Crippen LogP contribution in [0.15, 0.2) is 22.7 Å². The summed E-state index contributed by atoms with van der Waals surface area (Å²) in [4.78, 5) is 0. The van der Waals surface area contributed by atoms with E-state index in [1.165, 1.54) is 12.0 Å². The number of nitrogens with one attached hydrogen (secondary N) is 1. The maximum absolute atomic E-state index is 6.35. The minimum atomic E-state index is 0.186. The topological polar surface area (TPSA) is 21.3 Å². The van der Waals surface area contributed by atoms with Crippen LogP contribution in [0.5, 0.6) is 0 Å². The first-order valence-electron chi connectivity index (χ1n) is 6.88. The fraction of sp³-hybridized carbons (Fsp3) is 0.600. The molecule has 2 rings (SSSR count). The Morgan fingerprint density at radius 1 is 1.47 bits per heavy atom. The number of hydrogen-bond acceptors (Lipinski definition) is 2. The van der Waals surface area contributed by atoms with Crippen LogP contribution in [-0.2, 0) is 11.2 Å². The van der Waals surface area contributed by atoms with Crippen molar-refractivity contribution in [3.05, 3.63) is 33.3 Å². The first-order chi connectivity index (χ1) is 9.15. The van der Waals surface area contributed by atoms with Gasteiger partial charge in [0.05, 0.1) is 6.61 Å². The van der Waals surface area contributed by atoms with Crippen molar-refractivity contribution in [2.75, 3.05) is 26.3 Å². The molecule has 1 unspecified atom stereocenters. The van der Waals surface area contributed by atoms with E-state index in [1.54, 1.807) is 0 Å². The summed E-state index contributed by atoms with van der Waals surface area (Å²) in [5.41, 5.74) is 1.40. The van der Waals surface area contributed by atoms with E-state index >= 15 is 0 Å². The van der Waals surface area contributed by atoms with Crippen molar-refractivity contribution >= 4 is 27.5 Å². The Hall–Kier alpha value is -0.0900. The molecule has 0 saturated carbocycles. The molecular weight excluding hydrogens is 326 g/mol. The minimum Gasteiger partial charge on any atom is -0.381 e. The van der Waals surface area contributed by atoms with Crippen molar-refractivity contribution in [1.82, 2.24) is 5.32 Å². The summed E-state index contributed by atoms with van der Waals surface area (Å²) >= 11 is 9.81. The number of ether oxygens (including phenoxy) is 1. The van der Waals surface area contributed by atoms with Crippen molar-refractivity contribution < 1.29 is 4.74 Å². The number of rotatable bonds is 5. The van der Waals surface area contributed by atoms with E-state index in [0.29, 0.717) is 0 Å². The Morgan fingerprint density at radius 3 is 2.95 bits per heavy atom. The standard InChI is InChI=1S/C15H21BrClNO/c1-2-18-10-15(6-3-7-19-11-15)9-12-4-5-13(16)8-14(12)17/h4-5,8,18H,2-3,6-7,9-11H2,1H3. The van der Waals surface area contributed by atoms with Gasteiger partial charge in [0.2, 0.25) is 0 Å². The SMILES string of the molecule is CCNCC1(Cc2ccc(Br)cc2Cl)CCCOC1. The molecule has 1 saturated heterocycles. The van der Waals surface area contributed by atoms with Gasteiger partial charge < -0.3 is 10.1 Å². The van der Waals surface area contributed by atoms with Gasteiger partial charge in [0.1, 0.15) is 0 Å². The van der Waals surface area contributed by atoms with Crippen LogP contribution < -0.4 is 5.32 Å². The fourth-order valence-electron chi connectivity index (χ4n) is 2.71. The molecule has 1 heterocycles. The first kappa shape index (κ1) is 15.3. The van der Waals surface area contributed by atoms with Crippen molar-refractivity contribution in [3.63, 3.8) is 0 Å². The lowest BCUT2D eigenvalue weighted by Gasteiger charge is -2.37. The second-order valence-corrected chi connectivity index (χ2v) is 6.67. The number of hydrogen-bond donors (Lipinski definition) is 1. The molecule has 106 valence electrons. The molecule has 1 atom stereocenters. The van der Waals surface area contributed by atoms with Gasteiger partial charge in [-0.2, -0.15) is 0 Å². The van der Waals surface area contributed by atoms with Crippen molar-refractivity contribution in [2.24, 2.45) is 5.41 Å². The summed E-state index contributed by atoms with van der Waals surface area (Å²) in [5, 5.41) is 4.32. The second kappa shape index (κ2) is 7.07. The van der Waals surface area contributed by atoms with Crippen LogP contribution in [0.25, 0.3) is 0 Å². The second-order valence-electron chi connectivity index (χ2n) is 5.35. The highest BCUT2D eigenvalue weighted by Gasteiger charge is 2.33. The van der Waals surface area contributed by atoms with E-state index in [2.05, 4.69) is 40.3 Å². The molecule has 0 aromatic heterocycles. The molecule has 1 aliphatic rings. The summed E-state index contributed by atoms with van der Waals surface area (Å²) in [6, 6.07) is 6.15. The lowest BCUT2D eigenvalue weighted by molar-refractivity contribution is -0.00689. The van der Waals surface area contributed by atoms with Gasteiger partial charge in [-0.1, -0.05) is 40.5 Å². The smallest absolute Gasteiger partial charge is 0.0537 e. The van der Waals surface area contributed by atoms with Crippen molar-refractivity contribution in [3.8, 4) is 0 Å². The molecule has 19 heavy (non-hydrogen) atoms. The molecule has 1 aromatic rings. The third-order valence-electron chi connectivity index (χ3n) is 3.73. The van der Waals surface area contributed by atoms with E-state index in [9.17, 15) is 0 Å². The Labute approximate surface area is 129 Å². The van der Waals surface area contributed by atoms with E-state index in [0.717, 1.165) is 48.6 Å². The zero-order chi connectivity index (χ0) is 13.7. The van der Waals surface area contributed by atoms with Crippen LogP contribution in [0.2, 0.25) is 5.02 Å². The van der Waals surface area contributed by atoms with Gasteiger partial charge >= 0.3 is 0 Å². The molecule has 0 amide bonds. The zero-order valence-corrected chi connectivity index (χ0v) is 13.7. The van der Waals surface area contributed by atoms with Gasteiger partial charge in [0.15, 0.2) is 0 Å². The van der Waals surface area contributed by atoms with Gasteiger partial charge in [0, 0.05) is 28.1 Å². The molecular formula is C15H21BrClNO. The molecule has 1 fully saturated rings. The van der Waals surface area contributed by atoms with Crippen LogP contribution >= 0.6 is 27.5 Å². The lowest BCUT2D eigenvalue weighted by atomic mass is 9.77. The van der Waals surface area contributed by atoms with E-state index in [-0.39, 0.29) is 5.41 Å². The van der Waals surface area contributed by atoms with Crippen LogP contribution in [0, 0.1) is 5.41 Å². The average molecular weight is 347 g/mol. The number of halogens is 2. The van der Waals surface area contributed by atoms with Crippen LogP contribution in [0.4, 0.5) is 0 Å². The largest absolute Gasteiger partial charge is 0.381 e. The van der Waals surface area contributed by atoms with E-state index in [4.69, 9.17) is 16.3 Å². The van der Waals surface area contributed by atoms with Crippen LogP contribution in [0.1, 0.15) is 25.3 Å². The molecule has 1 N–H and O–H groups in total. The van der Waals surface area contributed by atoms with Gasteiger partial charge in [-0.3, -0.25) is 0 Å². The van der Waals surface area contributed by atoms with E-state index < -0.39 is 0 Å². The summed E-state index contributed by atoms with van der Waals surface area (Å²) < 4.78 is 6.76. The summed E-state index contributed by atoms with van der Waals surface area (Å²) in [5.74, 6) is 0. The summed E-state index contributed by atoms with van der Waals surface area (Å²) in [7, 11) is 0. The molecule has 0 radical (unpaired) electrons. The Balaban J connectivity index is 2.14. The maximum Gasteiger partial charge on any atom is 0.0537 e. The molecule has 4 heteroatoms. The van der Waals surface area contributed by atoms with Crippen LogP contribution in [0.3, 0.4) is 0 Å². The molecule has 1 aromatic carbocycles. The van der Waals surface area contributed by atoms with Crippen LogP contribution in [-0.4, -0.2) is 26.3 Å². The van der Waals surface area contributed by atoms with Gasteiger partial charge in [-0.05, 0) is 43.5 Å². The first-order valence-corrected chi connectivity index (χ1v) is 8.05. The quantitative estimate of drug-likeness (QED) is 0.868. The summed E-state index contributed by atoms with van der Waals surface area (Å²) in [6.07, 6.45) is 3.32. The lowest BCUT2D eigenvalue weighted by Crippen LogP contribution is -2.42. The predicted molar refractivity (Wildman–Crippen MR) is 83.9 cm³/mol. The summed E-state index contributed by atoms with van der Waals surface area (Å²) in [6.45, 7) is 5.85. The Morgan fingerprint density at radius 2 is 2.32 bits per heavy atom. The minimum absolute atomic E-state index is 0.186. The fourth-order valence-corrected chi connectivity index (χ4v) is 3.45. The molecule has 1 aliphatic heterocycles. The van der Waals surface area contributed by atoms with Crippen molar-refractivity contribution in [1.29, 1.82) is 0 Å². The highest BCUT2D eigenvalue weighted by atomic mass is 79.9. The van der Waals surface area contributed by atoms with Gasteiger partial charge in [-0.25, -0.2) is 0 Å². The number of benzene rings is 1. The van der Waals surface area contributed by atoms with Gasteiger partial charge in [0.25, 0.3) is 0 Å². The van der Waals surface area contributed by atoms with Crippen molar-refractivity contribution in [2.45, 2.75) is 26.2 Å². The Bertz CT molecular complexity index is 419. The highest BCUT2D eigenvalue weighted by molar-refractivity contribution is 9.10. The predicted octanol–water partition coefficient (Wildman–Crippen LogP) is 4.05. The zero-order valence-electron chi connectivity index (χ0n) is 11.3. The molecule has 0 aliphatic carbocycles. The third-order valence-corrected chi connectivity index (χ3v) is 4.58. The third kappa shape index (κ3) is 4.19. The normalized spacial score (nSPS) is 23.5. The van der Waals surface area contributed by atoms with E-state index in [1.807, 2.05) is 6.07 Å². The Kier molecular flexibility index (Phi) is 5.70. The highest BCUT2D eigenvalue weighted by Crippen LogP contribution is 2.34. The van der Waals surface area contributed by atoms with Gasteiger partial charge in [-0.15, -0.1) is 0 Å². The molecule has 0 bridgehead atoms. The maximum atomic E-state index is 6.35. The molecule has 2 nitrogen and oxygen atoms in total. The molecule has 0 spiro atoms. The average Bonchev–Trinajstić information content (AvgIpc) is 2.41.